The summed E-state index contributed by atoms with van der Waals surface area (Å²) in [6, 6.07) is 7.43. The van der Waals surface area contributed by atoms with Gasteiger partial charge in [-0.25, -0.2) is 0 Å². The molecule has 1 aliphatic heterocycles. The molecule has 144 valence electrons. The van der Waals surface area contributed by atoms with Gasteiger partial charge < -0.3 is 14.9 Å². The van der Waals surface area contributed by atoms with Crippen LogP contribution in [0.4, 0.5) is 18.9 Å². The molecule has 1 aromatic rings. The van der Waals surface area contributed by atoms with Gasteiger partial charge in [0.25, 0.3) is 5.91 Å². The van der Waals surface area contributed by atoms with E-state index >= 15 is 0 Å². The number of benzene rings is 1. The van der Waals surface area contributed by atoms with Crippen molar-refractivity contribution in [3.8, 4) is 0 Å². The molecule has 1 saturated heterocycles. The molecule has 2 amide bonds. The number of piperidine rings is 1. The van der Waals surface area contributed by atoms with E-state index in [1.807, 2.05) is 31.2 Å². The molecular formula is C18H23F3N2O3. The molecule has 26 heavy (non-hydrogen) atoms. The van der Waals surface area contributed by atoms with E-state index in [-0.39, 0.29) is 37.8 Å². The first-order chi connectivity index (χ1) is 11.9. The maximum Gasteiger partial charge on any atom is 0.426 e. The Labute approximate surface area is 150 Å². The molecular weight excluding hydrogens is 349 g/mol. The highest BCUT2D eigenvalue weighted by atomic mass is 19.4. The topological polar surface area (TPSA) is 60.9 Å². The quantitative estimate of drug-likeness (QED) is 0.887. The summed E-state index contributed by atoms with van der Waals surface area (Å²) in [7, 11) is 1.65. The van der Waals surface area contributed by atoms with Crippen LogP contribution in [0.2, 0.25) is 0 Å². The molecule has 1 aromatic carbocycles. The third kappa shape index (κ3) is 4.00. The maximum atomic E-state index is 12.8. The summed E-state index contributed by atoms with van der Waals surface area (Å²) in [5.41, 5.74) is -1.61. The molecule has 1 atom stereocenters. The molecule has 8 heteroatoms. The van der Waals surface area contributed by atoms with Gasteiger partial charge in [-0.2, -0.15) is 13.2 Å². The number of aryl methyl sites for hydroxylation is 1. The van der Waals surface area contributed by atoms with Crippen molar-refractivity contribution in [2.45, 2.75) is 38.5 Å². The lowest BCUT2D eigenvalue weighted by Gasteiger charge is -2.37. The average Bonchev–Trinajstić information content (AvgIpc) is 2.59. The number of halogens is 3. The van der Waals surface area contributed by atoms with Crippen molar-refractivity contribution in [1.82, 2.24) is 4.90 Å². The van der Waals surface area contributed by atoms with Gasteiger partial charge in [-0.3, -0.25) is 9.59 Å². The van der Waals surface area contributed by atoms with E-state index in [1.54, 1.807) is 7.05 Å². The smallest absolute Gasteiger partial charge is 0.373 e. The number of carbonyl (C=O) groups is 2. The molecule has 2 rings (SSSR count). The van der Waals surface area contributed by atoms with Crippen molar-refractivity contribution >= 4 is 17.5 Å². The minimum atomic E-state index is -5.04. The first-order valence-electron chi connectivity index (χ1n) is 8.38. The summed E-state index contributed by atoms with van der Waals surface area (Å²) in [4.78, 5) is 27.1. The lowest BCUT2D eigenvalue weighted by atomic mass is 9.93. The minimum Gasteiger partial charge on any atom is -0.373 e. The molecule has 1 heterocycles. The number of amides is 2. The van der Waals surface area contributed by atoms with E-state index in [0.717, 1.165) is 16.2 Å². The molecule has 0 spiro atoms. The fourth-order valence-corrected chi connectivity index (χ4v) is 2.93. The molecule has 1 unspecified atom stereocenters. The Bertz CT molecular complexity index is 663. The monoisotopic (exact) mass is 372 g/mol. The van der Waals surface area contributed by atoms with E-state index < -0.39 is 17.7 Å². The van der Waals surface area contributed by atoms with Crippen LogP contribution in [-0.2, 0) is 9.59 Å². The van der Waals surface area contributed by atoms with Crippen LogP contribution in [-0.4, -0.2) is 53.7 Å². The average molecular weight is 372 g/mol. The Hall–Kier alpha value is -2.09. The summed E-state index contributed by atoms with van der Waals surface area (Å²) in [5, 5.41) is 9.51. The van der Waals surface area contributed by atoms with Gasteiger partial charge in [-0.15, -0.1) is 0 Å². The Balaban J connectivity index is 1.98. The highest BCUT2D eigenvalue weighted by Crippen LogP contribution is 2.33. The van der Waals surface area contributed by atoms with E-state index in [4.69, 9.17) is 0 Å². The zero-order chi connectivity index (χ0) is 19.7. The molecule has 5 nitrogen and oxygen atoms in total. The Morgan fingerprint density at radius 1 is 1.15 bits per heavy atom. The van der Waals surface area contributed by atoms with Crippen molar-refractivity contribution in [3.63, 3.8) is 0 Å². The van der Waals surface area contributed by atoms with Crippen LogP contribution in [0.3, 0.4) is 0 Å². The number of aliphatic hydroxyl groups is 1. The van der Waals surface area contributed by atoms with Gasteiger partial charge in [-0.1, -0.05) is 17.7 Å². The predicted octanol–water partition coefficient (Wildman–Crippen LogP) is 2.51. The zero-order valence-electron chi connectivity index (χ0n) is 15.0. The maximum absolute atomic E-state index is 12.8. The van der Waals surface area contributed by atoms with Crippen LogP contribution in [0.5, 0.6) is 0 Å². The molecule has 1 aliphatic rings. The standard InChI is InChI=1S/C18H23F3N2O3/c1-12-4-6-14(7-5-12)22(3)15(24)13-8-10-23(11-9-13)16(25)17(2,26)18(19,20)21/h4-7,13,26H,8-11H2,1-3H3. The van der Waals surface area contributed by atoms with Gasteiger partial charge in [-0.05, 0) is 38.8 Å². The second-order valence-electron chi connectivity index (χ2n) is 6.87. The van der Waals surface area contributed by atoms with Gasteiger partial charge in [0, 0.05) is 31.7 Å². The fraction of sp³-hybridized carbons (Fsp3) is 0.556. The van der Waals surface area contributed by atoms with Gasteiger partial charge in [0.05, 0.1) is 0 Å². The van der Waals surface area contributed by atoms with E-state index in [0.29, 0.717) is 6.92 Å². The molecule has 1 fully saturated rings. The van der Waals surface area contributed by atoms with Crippen LogP contribution < -0.4 is 4.90 Å². The number of likely N-dealkylation sites (tertiary alicyclic amines) is 1. The number of hydrogen-bond donors (Lipinski definition) is 1. The number of carbonyl (C=O) groups excluding carboxylic acids is 2. The van der Waals surface area contributed by atoms with Crippen molar-refractivity contribution < 1.29 is 27.9 Å². The summed E-state index contributed by atoms with van der Waals surface area (Å²) >= 11 is 0. The molecule has 0 aromatic heterocycles. The number of alkyl halides is 3. The van der Waals surface area contributed by atoms with Crippen LogP contribution in [0.1, 0.15) is 25.3 Å². The van der Waals surface area contributed by atoms with E-state index in [2.05, 4.69) is 0 Å². The van der Waals surface area contributed by atoms with Crippen LogP contribution in [0.15, 0.2) is 24.3 Å². The normalized spacial score (nSPS) is 18.3. The summed E-state index contributed by atoms with van der Waals surface area (Å²) in [5.74, 6) is -1.88. The Morgan fingerprint density at radius 3 is 2.12 bits per heavy atom. The van der Waals surface area contributed by atoms with Gasteiger partial charge in [0.2, 0.25) is 11.5 Å². The lowest BCUT2D eigenvalue weighted by molar-refractivity contribution is -0.250. The van der Waals surface area contributed by atoms with Crippen LogP contribution in [0, 0.1) is 12.8 Å². The van der Waals surface area contributed by atoms with Crippen LogP contribution >= 0.6 is 0 Å². The zero-order valence-corrected chi connectivity index (χ0v) is 15.0. The summed E-state index contributed by atoms with van der Waals surface area (Å²) in [6.45, 7) is 2.40. The highest BCUT2D eigenvalue weighted by Gasteiger charge is 2.57. The second kappa shape index (κ2) is 7.26. The van der Waals surface area contributed by atoms with Gasteiger partial charge in [0.15, 0.2) is 0 Å². The summed E-state index contributed by atoms with van der Waals surface area (Å²) in [6.07, 6.45) is -4.52. The number of rotatable bonds is 3. The molecule has 0 radical (unpaired) electrons. The minimum absolute atomic E-state index is 0.00318. The number of nitrogens with zero attached hydrogens (tertiary/aromatic N) is 2. The molecule has 0 bridgehead atoms. The third-order valence-electron chi connectivity index (χ3n) is 4.85. The van der Waals surface area contributed by atoms with Crippen molar-refractivity contribution in [1.29, 1.82) is 0 Å². The molecule has 1 N–H and O–H groups in total. The summed E-state index contributed by atoms with van der Waals surface area (Å²) < 4.78 is 38.4. The SMILES string of the molecule is Cc1ccc(N(C)C(=O)C2CCN(C(=O)C(C)(O)C(F)(F)F)CC2)cc1. The Morgan fingerprint density at radius 2 is 1.65 bits per heavy atom. The lowest BCUT2D eigenvalue weighted by Crippen LogP contribution is -2.57. The highest BCUT2D eigenvalue weighted by molar-refractivity contribution is 5.94. The predicted molar refractivity (Wildman–Crippen MR) is 90.6 cm³/mol. The number of anilines is 1. The molecule has 0 aliphatic carbocycles. The van der Waals surface area contributed by atoms with Gasteiger partial charge in [0.1, 0.15) is 0 Å². The van der Waals surface area contributed by atoms with Crippen molar-refractivity contribution in [2.75, 3.05) is 25.0 Å². The first-order valence-corrected chi connectivity index (χ1v) is 8.38. The van der Waals surface area contributed by atoms with E-state index in [1.165, 1.54) is 4.90 Å². The molecule has 0 saturated carbocycles. The van der Waals surface area contributed by atoms with Gasteiger partial charge >= 0.3 is 6.18 Å². The Kier molecular flexibility index (Phi) is 5.65. The first kappa shape index (κ1) is 20.2. The fourth-order valence-electron chi connectivity index (χ4n) is 2.93. The van der Waals surface area contributed by atoms with Crippen molar-refractivity contribution in [2.24, 2.45) is 5.92 Å². The second-order valence-corrected chi connectivity index (χ2v) is 6.87. The van der Waals surface area contributed by atoms with Crippen molar-refractivity contribution in [3.05, 3.63) is 29.8 Å². The third-order valence-corrected chi connectivity index (χ3v) is 4.85. The number of hydrogen-bond acceptors (Lipinski definition) is 3. The van der Waals surface area contributed by atoms with Crippen LogP contribution in [0.25, 0.3) is 0 Å². The largest absolute Gasteiger partial charge is 0.426 e. The van der Waals surface area contributed by atoms with E-state index in [9.17, 15) is 27.9 Å².